The summed E-state index contributed by atoms with van der Waals surface area (Å²) in [6.07, 6.45) is 0.625. The summed E-state index contributed by atoms with van der Waals surface area (Å²) in [6, 6.07) is 9.31. The first kappa shape index (κ1) is 26.5. The van der Waals surface area contributed by atoms with Crippen molar-refractivity contribution in [2.24, 2.45) is 10.3 Å². The Morgan fingerprint density at radius 1 is 1.12 bits per heavy atom. The maximum atomic E-state index is 14.1. The van der Waals surface area contributed by atoms with Gasteiger partial charge in [-0.25, -0.2) is 4.39 Å². The van der Waals surface area contributed by atoms with Gasteiger partial charge in [-0.1, -0.05) is 34.6 Å². The Morgan fingerprint density at radius 2 is 1.78 bits per heavy atom. The van der Waals surface area contributed by atoms with Crippen LogP contribution in [-0.4, -0.2) is 38.6 Å². The van der Waals surface area contributed by atoms with E-state index in [9.17, 15) is 13.2 Å². The quantitative estimate of drug-likeness (QED) is 0.347. The van der Waals surface area contributed by atoms with E-state index in [1.54, 1.807) is 14.0 Å². The minimum Gasteiger partial charge on any atom is -0.434 e. The van der Waals surface area contributed by atoms with Gasteiger partial charge in [0.1, 0.15) is 25.3 Å². The molecule has 0 unspecified atom stereocenters. The summed E-state index contributed by atoms with van der Waals surface area (Å²) in [6.45, 7) is 2.16. The van der Waals surface area contributed by atoms with E-state index >= 15 is 0 Å². The standard InChI is InChI=1S/C20H21F3N2O3.C2H5NO/c1-12-7-5-8-15(13(2)24-26-4)16(12)11-27-25-14(3)19-17(21)9-6-10-18(19)28-20(22)23;1-3-2-4/h5-10,20H,11H2,1-4H3;2H,1H3,(H,3,4)/b24-13-,25-14+;. The average Bonchev–Trinajstić information content (AvgIpc) is 2.74. The lowest BCUT2D eigenvalue weighted by Crippen LogP contribution is -2.09. The number of benzene rings is 2. The fourth-order valence-corrected chi connectivity index (χ4v) is 2.71. The fraction of sp³-hybridized carbons (Fsp3) is 0.318. The number of carbonyl (C=O) groups excluding carboxylic acids is 1. The molecule has 0 saturated heterocycles. The van der Waals surface area contributed by atoms with E-state index in [2.05, 4.69) is 20.4 Å². The van der Waals surface area contributed by atoms with Gasteiger partial charge in [0.2, 0.25) is 6.41 Å². The highest BCUT2D eigenvalue weighted by molar-refractivity contribution is 6.01. The van der Waals surface area contributed by atoms with Gasteiger partial charge >= 0.3 is 6.61 Å². The molecule has 32 heavy (non-hydrogen) atoms. The van der Waals surface area contributed by atoms with Gasteiger partial charge in [0.15, 0.2) is 0 Å². The van der Waals surface area contributed by atoms with Crippen molar-refractivity contribution in [2.75, 3.05) is 14.2 Å². The molecule has 1 amide bonds. The second-order valence-electron chi connectivity index (χ2n) is 6.31. The summed E-state index contributed by atoms with van der Waals surface area (Å²) in [5.74, 6) is -1.04. The minimum atomic E-state index is -3.08. The van der Waals surface area contributed by atoms with Crippen molar-refractivity contribution in [1.82, 2.24) is 5.32 Å². The topological polar surface area (TPSA) is 81.5 Å². The number of halogens is 3. The number of rotatable bonds is 9. The number of nitrogens with zero attached hydrogens (tertiary/aromatic N) is 2. The Bertz CT molecular complexity index is 950. The smallest absolute Gasteiger partial charge is 0.387 e. The van der Waals surface area contributed by atoms with Gasteiger partial charge in [-0.05, 0) is 38.5 Å². The Labute approximate surface area is 184 Å². The number of alkyl halides is 2. The lowest BCUT2D eigenvalue weighted by molar-refractivity contribution is -0.109. The minimum absolute atomic E-state index is 0.0752. The summed E-state index contributed by atoms with van der Waals surface area (Å²) in [5, 5.41) is 10.1. The molecule has 0 atom stereocenters. The molecule has 0 aliphatic rings. The molecule has 0 aliphatic heterocycles. The number of nitrogens with one attached hydrogen (secondary N) is 1. The SMILES string of the molecule is CNC=O.CO/N=C(/C)c1cccc(C)c1CO/N=C(\C)c1c(F)cccc1OC(F)F. The summed E-state index contributed by atoms with van der Waals surface area (Å²) in [4.78, 5) is 19.3. The van der Waals surface area contributed by atoms with Crippen LogP contribution in [0.1, 0.15) is 36.1 Å². The third kappa shape index (κ3) is 7.93. The van der Waals surface area contributed by atoms with Crippen LogP contribution in [0.2, 0.25) is 0 Å². The molecule has 0 bridgehead atoms. The van der Waals surface area contributed by atoms with E-state index in [4.69, 9.17) is 14.5 Å². The molecule has 2 aromatic carbocycles. The molecule has 2 aromatic rings. The summed E-state index contributed by atoms with van der Waals surface area (Å²) in [7, 11) is 3.02. The van der Waals surface area contributed by atoms with Gasteiger partial charge in [-0.3, -0.25) is 4.79 Å². The van der Waals surface area contributed by atoms with Crippen molar-refractivity contribution in [2.45, 2.75) is 34.0 Å². The highest BCUT2D eigenvalue weighted by Crippen LogP contribution is 2.25. The maximum Gasteiger partial charge on any atom is 0.387 e. The molecular weight excluding hydrogens is 427 g/mol. The van der Waals surface area contributed by atoms with E-state index in [1.807, 2.05) is 25.1 Å². The Hall–Kier alpha value is -3.56. The lowest BCUT2D eigenvalue weighted by atomic mass is 10.00. The molecule has 7 nitrogen and oxygen atoms in total. The number of aryl methyl sites for hydroxylation is 1. The third-order valence-electron chi connectivity index (χ3n) is 4.11. The monoisotopic (exact) mass is 453 g/mol. The van der Waals surface area contributed by atoms with E-state index in [1.165, 1.54) is 26.2 Å². The zero-order valence-electron chi connectivity index (χ0n) is 18.5. The highest BCUT2D eigenvalue weighted by atomic mass is 19.3. The van der Waals surface area contributed by atoms with Crippen molar-refractivity contribution in [1.29, 1.82) is 0 Å². The van der Waals surface area contributed by atoms with Gasteiger partial charge < -0.3 is 19.7 Å². The number of oxime groups is 2. The van der Waals surface area contributed by atoms with E-state index in [-0.39, 0.29) is 23.6 Å². The van der Waals surface area contributed by atoms with Crippen molar-refractivity contribution < 1.29 is 32.4 Å². The third-order valence-corrected chi connectivity index (χ3v) is 4.11. The Balaban J connectivity index is 0.00000118. The lowest BCUT2D eigenvalue weighted by Gasteiger charge is -2.13. The number of ether oxygens (including phenoxy) is 1. The number of hydrogen-bond donors (Lipinski definition) is 1. The van der Waals surface area contributed by atoms with Crippen LogP contribution >= 0.6 is 0 Å². The average molecular weight is 453 g/mol. The molecule has 0 aromatic heterocycles. The van der Waals surface area contributed by atoms with Gasteiger partial charge in [0.05, 0.1) is 17.0 Å². The molecule has 0 spiro atoms. The summed E-state index contributed by atoms with van der Waals surface area (Å²) >= 11 is 0. The Kier molecular flexibility index (Phi) is 11.3. The van der Waals surface area contributed by atoms with Crippen LogP contribution in [0.3, 0.4) is 0 Å². The largest absolute Gasteiger partial charge is 0.434 e. The van der Waals surface area contributed by atoms with E-state index in [0.717, 1.165) is 22.8 Å². The molecule has 2 rings (SSSR count). The predicted octanol–water partition coefficient (Wildman–Crippen LogP) is 4.41. The number of carbonyl (C=O) groups is 1. The molecule has 174 valence electrons. The van der Waals surface area contributed by atoms with Crippen LogP contribution in [0.25, 0.3) is 0 Å². The van der Waals surface area contributed by atoms with Gasteiger partial charge in [-0.15, -0.1) is 0 Å². The van der Waals surface area contributed by atoms with Gasteiger partial charge in [0.25, 0.3) is 0 Å². The van der Waals surface area contributed by atoms with Crippen molar-refractivity contribution in [3.8, 4) is 5.75 Å². The number of amides is 1. The van der Waals surface area contributed by atoms with Crippen molar-refractivity contribution in [3.05, 3.63) is 64.5 Å². The van der Waals surface area contributed by atoms with Crippen LogP contribution in [0.4, 0.5) is 13.2 Å². The fourth-order valence-electron chi connectivity index (χ4n) is 2.71. The molecule has 0 radical (unpaired) electrons. The van der Waals surface area contributed by atoms with Crippen molar-refractivity contribution in [3.63, 3.8) is 0 Å². The Morgan fingerprint density at radius 3 is 2.38 bits per heavy atom. The van der Waals surface area contributed by atoms with Crippen LogP contribution in [0, 0.1) is 12.7 Å². The summed E-state index contributed by atoms with van der Waals surface area (Å²) in [5.41, 5.74) is 3.16. The molecule has 1 N–H and O–H groups in total. The van der Waals surface area contributed by atoms with Crippen molar-refractivity contribution >= 4 is 17.8 Å². The maximum absolute atomic E-state index is 14.1. The predicted molar refractivity (Wildman–Crippen MR) is 116 cm³/mol. The first-order valence-corrected chi connectivity index (χ1v) is 9.44. The molecule has 0 aliphatic carbocycles. The first-order valence-electron chi connectivity index (χ1n) is 9.44. The number of hydrogen-bond acceptors (Lipinski definition) is 6. The second-order valence-corrected chi connectivity index (χ2v) is 6.31. The first-order chi connectivity index (χ1) is 15.3. The van der Waals surface area contributed by atoms with Gasteiger partial charge in [-0.2, -0.15) is 8.78 Å². The highest BCUT2D eigenvalue weighted by Gasteiger charge is 2.17. The second kappa shape index (κ2) is 13.7. The zero-order valence-corrected chi connectivity index (χ0v) is 18.5. The molecular formula is C22H26F3N3O4. The van der Waals surface area contributed by atoms with Crippen LogP contribution in [0.5, 0.6) is 5.75 Å². The molecule has 0 heterocycles. The van der Waals surface area contributed by atoms with Crippen LogP contribution in [0.15, 0.2) is 46.7 Å². The van der Waals surface area contributed by atoms with Gasteiger partial charge in [0, 0.05) is 18.2 Å². The molecule has 0 fully saturated rings. The zero-order chi connectivity index (χ0) is 24.1. The normalized spacial score (nSPS) is 11.4. The van der Waals surface area contributed by atoms with E-state index < -0.39 is 12.4 Å². The summed E-state index contributed by atoms with van der Waals surface area (Å²) < 4.78 is 43.6. The van der Waals surface area contributed by atoms with Crippen LogP contribution in [-0.2, 0) is 21.1 Å². The van der Waals surface area contributed by atoms with E-state index in [0.29, 0.717) is 12.1 Å². The molecule has 0 saturated carbocycles. The molecule has 10 heteroatoms. The van der Waals surface area contributed by atoms with Crippen LogP contribution < -0.4 is 10.1 Å².